The summed E-state index contributed by atoms with van der Waals surface area (Å²) in [5.41, 5.74) is 1.48. The van der Waals surface area contributed by atoms with Crippen molar-refractivity contribution in [1.82, 2.24) is 0 Å². The van der Waals surface area contributed by atoms with Gasteiger partial charge in [-0.2, -0.15) is 0 Å². The number of hydrogen-bond donors (Lipinski definition) is 2. The summed E-state index contributed by atoms with van der Waals surface area (Å²) in [5, 5.41) is 13.0. The Kier molecular flexibility index (Phi) is 4.33. The molecule has 2 rings (SSSR count). The van der Waals surface area contributed by atoms with E-state index in [4.69, 9.17) is 0 Å². The topological polar surface area (TPSA) is 32.3 Å². The lowest BCUT2D eigenvalue weighted by Crippen LogP contribution is -2.12. The van der Waals surface area contributed by atoms with Gasteiger partial charge in [-0.3, -0.25) is 0 Å². The smallest absolute Gasteiger partial charge is 0.125 e. The summed E-state index contributed by atoms with van der Waals surface area (Å²) in [6.45, 7) is 0.338. The lowest BCUT2D eigenvalue weighted by molar-refractivity contribution is 0.191. The summed E-state index contributed by atoms with van der Waals surface area (Å²) in [6, 6.07) is 13.6. The van der Waals surface area contributed by atoms with Crippen LogP contribution < -0.4 is 5.32 Å². The van der Waals surface area contributed by atoms with Crippen molar-refractivity contribution >= 4 is 21.6 Å². The van der Waals surface area contributed by atoms with Crippen molar-refractivity contribution in [3.05, 3.63) is 64.4 Å². The summed E-state index contributed by atoms with van der Waals surface area (Å²) in [5.74, 6) is -0.293. The lowest BCUT2D eigenvalue weighted by Gasteiger charge is -2.13. The van der Waals surface area contributed by atoms with Gasteiger partial charge in [0.1, 0.15) is 5.82 Å². The minimum atomic E-state index is -0.624. The monoisotopic (exact) mass is 309 g/mol. The Morgan fingerprint density at radius 2 is 1.89 bits per heavy atom. The van der Waals surface area contributed by atoms with Crippen LogP contribution in [0.25, 0.3) is 0 Å². The Morgan fingerprint density at radius 3 is 2.56 bits per heavy atom. The standard InChI is InChI=1S/C14H13BrFNO/c15-11-6-4-10(5-7-11)14(18)9-17-13-3-1-2-12(16)8-13/h1-8,14,17-18H,9H2. The number of aliphatic hydroxyl groups excluding tert-OH is 1. The first-order chi connectivity index (χ1) is 8.65. The molecular weight excluding hydrogens is 297 g/mol. The van der Waals surface area contributed by atoms with Gasteiger partial charge in [-0.15, -0.1) is 0 Å². The van der Waals surface area contributed by atoms with Crippen LogP contribution in [-0.4, -0.2) is 11.7 Å². The Bertz CT molecular complexity index is 515. The number of rotatable bonds is 4. The fraction of sp³-hybridized carbons (Fsp3) is 0.143. The van der Waals surface area contributed by atoms with E-state index >= 15 is 0 Å². The molecule has 0 spiro atoms. The molecule has 0 fully saturated rings. The second-order valence-electron chi connectivity index (χ2n) is 3.96. The van der Waals surface area contributed by atoms with Crippen LogP contribution >= 0.6 is 15.9 Å². The first-order valence-corrected chi connectivity index (χ1v) is 6.37. The van der Waals surface area contributed by atoms with Crippen LogP contribution in [0.5, 0.6) is 0 Å². The summed E-state index contributed by atoms with van der Waals surface area (Å²) in [4.78, 5) is 0. The molecule has 0 saturated carbocycles. The van der Waals surface area contributed by atoms with Gasteiger partial charge in [0.25, 0.3) is 0 Å². The van der Waals surface area contributed by atoms with E-state index in [1.54, 1.807) is 12.1 Å². The molecule has 2 N–H and O–H groups in total. The van der Waals surface area contributed by atoms with E-state index in [-0.39, 0.29) is 5.82 Å². The van der Waals surface area contributed by atoms with Gasteiger partial charge in [0.15, 0.2) is 0 Å². The molecule has 4 heteroatoms. The Morgan fingerprint density at radius 1 is 1.17 bits per heavy atom. The van der Waals surface area contributed by atoms with Crippen molar-refractivity contribution in [1.29, 1.82) is 0 Å². The molecule has 0 aromatic heterocycles. The van der Waals surface area contributed by atoms with Gasteiger partial charge >= 0.3 is 0 Å². The Labute approximate surface area is 114 Å². The molecule has 0 saturated heterocycles. The fourth-order valence-corrected chi connectivity index (χ4v) is 1.88. The van der Waals surface area contributed by atoms with Gasteiger partial charge in [0, 0.05) is 16.7 Å². The highest BCUT2D eigenvalue weighted by Crippen LogP contribution is 2.18. The van der Waals surface area contributed by atoms with E-state index in [1.807, 2.05) is 24.3 Å². The number of anilines is 1. The quantitative estimate of drug-likeness (QED) is 0.902. The van der Waals surface area contributed by atoms with Gasteiger partial charge < -0.3 is 10.4 Å². The molecular formula is C14H13BrFNO. The maximum atomic E-state index is 13.0. The van der Waals surface area contributed by atoms with Crippen LogP contribution in [0.1, 0.15) is 11.7 Å². The molecule has 94 valence electrons. The van der Waals surface area contributed by atoms with Crippen molar-refractivity contribution in [2.45, 2.75) is 6.10 Å². The third-order valence-electron chi connectivity index (χ3n) is 2.58. The van der Waals surface area contributed by atoms with Crippen LogP contribution in [0.15, 0.2) is 53.0 Å². The molecule has 2 aromatic carbocycles. The molecule has 2 nitrogen and oxygen atoms in total. The van der Waals surface area contributed by atoms with Gasteiger partial charge in [-0.1, -0.05) is 34.1 Å². The highest BCUT2D eigenvalue weighted by Gasteiger charge is 2.07. The number of hydrogen-bond acceptors (Lipinski definition) is 2. The normalized spacial score (nSPS) is 12.2. The van der Waals surface area contributed by atoms with E-state index in [9.17, 15) is 9.50 Å². The molecule has 1 atom stereocenters. The van der Waals surface area contributed by atoms with E-state index in [2.05, 4.69) is 21.2 Å². The SMILES string of the molecule is OC(CNc1cccc(F)c1)c1ccc(Br)cc1. The van der Waals surface area contributed by atoms with Crippen molar-refractivity contribution < 1.29 is 9.50 Å². The van der Waals surface area contributed by atoms with Crippen molar-refractivity contribution in [3.63, 3.8) is 0 Å². The second-order valence-corrected chi connectivity index (χ2v) is 4.87. The Balaban J connectivity index is 1.96. The average Bonchev–Trinajstić information content (AvgIpc) is 2.37. The van der Waals surface area contributed by atoms with Crippen LogP contribution in [0.3, 0.4) is 0 Å². The minimum Gasteiger partial charge on any atom is -0.387 e. The molecule has 0 bridgehead atoms. The summed E-state index contributed by atoms with van der Waals surface area (Å²) in [7, 11) is 0. The number of halogens is 2. The van der Waals surface area contributed by atoms with Crippen LogP contribution in [0.4, 0.5) is 10.1 Å². The summed E-state index contributed by atoms with van der Waals surface area (Å²) >= 11 is 3.34. The molecule has 0 heterocycles. The largest absolute Gasteiger partial charge is 0.387 e. The molecule has 2 aromatic rings. The van der Waals surface area contributed by atoms with Gasteiger partial charge in [-0.25, -0.2) is 4.39 Å². The lowest BCUT2D eigenvalue weighted by atomic mass is 10.1. The number of nitrogens with one attached hydrogen (secondary N) is 1. The second kappa shape index (κ2) is 5.98. The zero-order chi connectivity index (χ0) is 13.0. The predicted octanol–water partition coefficient (Wildman–Crippen LogP) is 3.73. The van der Waals surface area contributed by atoms with Crippen molar-refractivity contribution in [2.24, 2.45) is 0 Å². The molecule has 0 aliphatic rings. The van der Waals surface area contributed by atoms with Gasteiger partial charge in [-0.05, 0) is 35.9 Å². The van der Waals surface area contributed by atoms with Crippen LogP contribution in [0, 0.1) is 5.82 Å². The third-order valence-corrected chi connectivity index (χ3v) is 3.11. The van der Waals surface area contributed by atoms with E-state index in [1.165, 1.54) is 12.1 Å². The zero-order valence-electron chi connectivity index (χ0n) is 9.61. The average molecular weight is 310 g/mol. The summed E-state index contributed by atoms with van der Waals surface area (Å²) < 4.78 is 13.9. The van der Waals surface area contributed by atoms with E-state index in [0.717, 1.165) is 10.0 Å². The molecule has 0 aliphatic carbocycles. The van der Waals surface area contributed by atoms with E-state index in [0.29, 0.717) is 12.2 Å². The molecule has 1 unspecified atom stereocenters. The highest BCUT2D eigenvalue weighted by molar-refractivity contribution is 9.10. The molecule has 18 heavy (non-hydrogen) atoms. The minimum absolute atomic E-state index is 0.293. The van der Waals surface area contributed by atoms with Crippen LogP contribution in [-0.2, 0) is 0 Å². The number of benzene rings is 2. The van der Waals surface area contributed by atoms with Gasteiger partial charge in [0.05, 0.1) is 6.10 Å². The van der Waals surface area contributed by atoms with Gasteiger partial charge in [0.2, 0.25) is 0 Å². The maximum Gasteiger partial charge on any atom is 0.125 e. The van der Waals surface area contributed by atoms with E-state index < -0.39 is 6.10 Å². The third kappa shape index (κ3) is 3.55. The molecule has 0 radical (unpaired) electrons. The first-order valence-electron chi connectivity index (χ1n) is 5.58. The highest BCUT2D eigenvalue weighted by atomic mass is 79.9. The molecule has 0 aliphatic heterocycles. The van der Waals surface area contributed by atoms with Crippen molar-refractivity contribution in [3.8, 4) is 0 Å². The fourth-order valence-electron chi connectivity index (χ4n) is 1.62. The zero-order valence-corrected chi connectivity index (χ0v) is 11.2. The van der Waals surface area contributed by atoms with Crippen molar-refractivity contribution in [2.75, 3.05) is 11.9 Å². The van der Waals surface area contributed by atoms with Crippen LogP contribution in [0.2, 0.25) is 0 Å². The maximum absolute atomic E-state index is 13.0. The number of aliphatic hydroxyl groups is 1. The predicted molar refractivity (Wildman–Crippen MR) is 74.0 cm³/mol. The summed E-state index contributed by atoms with van der Waals surface area (Å²) in [6.07, 6.45) is -0.624. The Hall–Kier alpha value is -1.39. The first kappa shape index (κ1) is 13.1. The molecule has 0 amide bonds.